The summed E-state index contributed by atoms with van der Waals surface area (Å²) in [6, 6.07) is 12.7. The minimum atomic E-state index is -0.571. The molecule has 0 spiro atoms. The van der Waals surface area contributed by atoms with E-state index in [1.54, 1.807) is 25.3 Å². The van der Waals surface area contributed by atoms with Gasteiger partial charge in [0.25, 0.3) is 5.91 Å². The van der Waals surface area contributed by atoms with Crippen molar-refractivity contribution in [3.05, 3.63) is 53.1 Å². The van der Waals surface area contributed by atoms with Crippen molar-refractivity contribution in [2.24, 2.45) is 0 Å². The Hall–Kier alpha value is -2.20. The smallest absolute Gasteiger partial charge is 0.265 e. The molecule has 0 aliphatic heterocycles. The molecule has 1 N–H and O–H groups in total. The maximum Gasteiger partial charge on any atom is 0.265 e. The van der Waals surface area contributed by atoms with E-state index < -0.39 is 6.10 Å². The Balaban J connectivity index is 2.04. The maximum atomic E-state index is 12.4. The van der Waals surface area contributed by atoms with Gasteiger partial charge in [0.1, 0.15) is 11.5 Å². The molecule has 0 aliphatic carbocycles. The molecule has 0 aromatic heterocycles. The van der Waals surface area contributed by atoms with Crippen LogP contribution in [0.3, 0.4) is 0 Å². The second kappa shape index (κ2) is 7.88. The molecule has 0 saturated carbocycles. The Morgan fingerprint density at radius 1 is 1.22 bits per heavy atom. The van der Waals surface area contributed by atoms with E-state index in [1.165, 1.54) is 0 Å². The molecule has 0 aliphatic rings. The van der Waals surface area contributed by atoms with Crippen LogP contribution in [0, 0.1) is 6.92 Å². The normalized spacial score (nSPS) is 11.7. The first-order valence-corrected chi connectivity index (χ1v) is 7.79. The average molecular weight is 334 g/mol. The van der Waals surface area contributed by atoms with E-state index in [2.05, 4.69) is 5.32 Å². The largest absolute Gasteiger partial charge is 0.495 e. The van der Waals surface area contributed by atoms with Gasteiger partial charge >= 0.3 is 0 Å². The first-order chi connectivity index (χ1) is 11.0. The van der Waals surface area contributed by atoms with Crippen LogP contribution in [0.5, 0.6) is 11.5 Å². The number of nitrogens with one attached hydrogen (secondary N) is 1. The van der Waals surface area contributed by atoms with Gasteiger partial charge in [-0.2, -0.15) is 0 Å². The van der Waals surface area contributed by atoms with Crippen LogP contribution >= 0.6 is 11.6 Å². The second-order valence-electron chi connectivity index (χ2n) is 5.17. The zero-order chi connectivity index (χ0) is 16.8. The number of hydrogen-bond donors (Lipinski definition) is 1. The Labute approximate surface area is 141 Å². The molecule has 122 valence electrons. The van der Waals surface area contributed by atoms with Gasteiger partial charge in [0, 0.05) is 5.69 Å². The highest BCUT2D eigenvalue weighted by Gasteiger charge is 2.19. The highest BCUT2D eigenvalue weighted by atomic mass is 35.5. The predicted octanol–water partition coefficient (Wildman–Crippen LogP) is 4.45. The fraction of sp³-hybridized carbons (Fsp3) is 0.278. The third-order valence-corrected chi connectivity index (χ3v) is 3.68. The van der Waals surface area contributed by atoms with Crippen LogP contribution in [0.15, 0.2) is 42.5 Å². The topological polar surface area (TPSA) is 47.6 Å². The minimum Gasteiger partial charge on any atom is -0.495 e. The van der Waals surface area contributed by atoms with Crippen molar-refractivity contribution in [1.82, 2.24) is 0 Å². The maximum absolute atomic E-state index is 12.4. The van der Waals surface area contributed by atoms with Crippen molar-refractivity contribution in [3.8, 4) is 11.5 Å². The fourth-order valence-electron chi connectivity index (χ4n) is 2.07. The first-order valence-electron chi connectivity index (χ1n) is 7.41. The zero-order valence-electron chi connectivity index (χ0n) is 13.4. The molecule has 4 nitrogen and oxygen atoms in total. The molecule has 2 aromatic carbocycles. The lowest BCUT2D eigenvalue weighted by Crippen LogP contribution is -2.32. The van der Waals surface area contributed by atoms with Crippen molar-refractivity contribution in [2.45, 2.75) is 26.4 Å². The van der Waals surface area contributed by atoms with Crippen LogP contribution < -0.4 is 14.8 Å². The number of rotatable bonds is 6. The quantitative estimate of drug-likeness (QED) is 0.849. The monoisotopic (exact) mass is 333 g/mol. The van der Waals surface area contributed by atoms with Gasteiger partial charge in [-0.25, -0.2) is 0 Å². The molecule has 2 rings (SSSR count). The Kier molecular flexibility index (Phi) is 5.88. The number of aryl methyl sites for hydroxylation is 1. The molecule has 23 heavy (non-hydrogen) atoms. The van der Waals surface area contributed by atoms with Crippen molar-refractivity contribution >= 4 is 23.2 Å². The van der Waals surface area contributed by atoms with Crippen molar-refractivity contribution in [1.29, 1.82) is 0 Å². The molecule has 0 bridgehead atoms. The van der Waals surface area contributed by atoms with Crippen LogP contribution in [0.1, 0.15) is 18.9 Å². The van der Waals surface area contributed by atoms with Gasteiger partial charge < -0.3 is 14.8 Å². The van der Waals surface area contributed by atoms with Gasteiger partial charge in [0.2, 0.25) is 0 Å². The van der Waals surface area contributed by atoms with E-state index in [9.17, 15) is 4.79 Å². The summed E-state index contributed by atoms with van der Waals surface area (Å²) in [6.07, 6.45) is -0.0116. The second-order valence-corrected chi connectivity index (χ2v) is 5.57. The number of amides is 1. The Bertz CT molecular complexity index is 670. The van der Waals surface area contributed by atoms with E-state index in [1.807, 2.05) is 38.1 Å². The summed E-state index contributed by atoms with van der Waals surface area (Å²) < 4.78 is 10.9. The molecule has 0 fully saturated rings. The lowest BCUT2D eigenvalue weighted by molar-refractivity contribution is -0.122. The van der Waals surface area contributed by atoms with Gasteiger partial charge in [-0.15, -0.1) is 0 Å². The van der Waals surface area contributed by atoms with Gasteiger partial charge in [0.15, 0.2) is 6.10 Å². The highest BCUT2D eigenvalue weighted by Crippen LogP contribution is 2.27. The Morgan fingerprint density at radius 3 is 2.48 bits per heavy atom. The summed E-state index contributed by atoms with van der Waals surface area (Å²) in [4.78, 5) is 12.4. The molecule has 1 amide bonds. The molecule has 1 atom stereocenters. The number of carbonyl (C=O) groups excluding carboxylic acids is 1. The summed E-state index contributed by atoms with van der Waals surface area (Å²) in [5, 5.41) is 3.26. The highest BCUT2D eigenvalue weighted by molar-refractivity contribution is 6.32. The predicted molar refractivity (Wildman–Crippen MR) is 92.5 cm³/mol. The lowest BCUT2D eigenvalue weighted by Gasteiger charge is -2.17. The third-order valence-electron chi connectivity index (χ3n) is 3.38. The van der Waals surface area contributed by atoms with Gasteiger partial charge in [-0.3, -0.25) is 4.79 Å². The number of halogens is 1. The van der Waals surface area contributed by atoms with Crippen molar-refractivity contribution in [2.75, 3.05) is 12.4 Å². The van der Waals surface area contributed by atoms with Crippen LogP contribution in [-0.2, 0) is 4.79 Å². The van der Waals surface area contributed by atoms with E-state index in [0.717, 1.165) is 5.56 Å². The van der Waals surface area contributed by atoms with Crippen LogP contribution in [0.2, 0.25) is 5.02 Å². The minimum absolute atomic E-state index is 0.214. The molecule has 0 heterocycles. The summed E-state index contributed by atoms with van der Waals surface area (Å²) >= 11 is 6.06. The number of hydrogen-bond acceptors (Lipinski definition) is 3. The van der Waals surface area contributed by atoms with Crippen molar-refractivity contribution < 1.29 is 14.3 Å². The number of benzene rings is 2. The lowest BCUT2D eigenvalue weighted by atomic mass is 10.2. The molecule has 5 heteroatoms. The molecule has 0 unspecified atom stereocenters. The number of methoxy groups -OCH3 is 1. The summed E-state index contributed by atoms with van der Waals surface area (Å²) in [6.45, 7) is 3.90. The SMILES string of the molecule is CC[C@@H](Oc1ccc(C)cc1)C(=O)Nc1ccc(OC)c(Cl)c1. The first kappa shape index (κ1) is 17.2. The number of carbonyl (C=O) groups is 1. The molecule has 0 radical (unpaired) electrons. The van der Waals surface area contributed by atoms with Crippen LogP contribution in [0.25, 0.3) is 0 Å². The zero-order valence-corrected chi connectivity index (χ0v) is 14.2. The van der Waals surface area contributed by atoms with Gasteiger partial charge in [-0.1, -0.05) is 36.2 Å². The van der Waals surface area contributed by atoms with Crippen LogP contribution in [0.4, 0.5) is 5.69 Å². The number of ether oxygens (including phenoxy) is 2. The molecular weight excluding hydrogens is 314 g/mol. The average Bonchev–Trinajstić information content (AvgIpc) is 2.54. The van der Waals surface area contributed by atoms with E-state index in [-0.39, 0.29) is 5.91 Å². The van der Waals surface area contributed by atoms with Crippen LogP contribution in [-0.4, -0.2) is 19.1 Å². The molecule has 2 aromatic rings. The van der Waals surface area contributed by atoms with E-state index in [0.29, 0.717) is 28.6 Å². The van der Waals surface area contributed by atoms with Gasteiger partial charge in [0.05, 0.1) is 12.1 Å². The fourth-order valence-corrected chi connectivity index (χ4v) is 2.33. The number of anilines is 1. The summed E-state index contributed by atoms with van der Waals surface area (Å²) in [7, 11) is 1.54. The third kappa shape index (κ3) is 4.63. The summed E-state index contributed by atoms with van der Waals surface area (Å²) in [5.41, 5.74) is 1.74. The van der Waals surface area contributed by atoms with Crippen molar-refractivity contribution in [3.63, 3.8) is 0 Å². The van der Waals surface area contributed by atoms with Gasteiger partial charge in [-0.05, 0) is 43.7 Å². The molecular formula is C18H20ClNO3. The van der Waals surface area contributed by atoms with E-state index in [4.69, 9.17) is 21.1 Å². The van der Waals surface area contributed by atoms with E-state index >= 15 is 0 Å². The standard InChI is InChI=1S/C18H20ClNO3/c1-4-16(23-14-8-5-12(2)6-9-14)18(21)20-13-7-10-17(22-3)15(19)11-13/h5-11,16H,4H2,1-3H3,(H,20,21)/t16-/m1/s1. The Morgan fingerprint density at radius 2 is 1.91 bits per heavy atom. The molecule has 0 saturated heterocycles. The summed E-state index contributed by atoms with van der Waals surface area (Å²) in [5.74, 6) is 1.02.